The zero-order valence-electron chi connectivity index (χ0n) is 8.07. The number of rotatable bonds is 3. The Morgan fingerprint density at radius 1 is 1.12 bits per heavy atom. The van der Waals surface area contributed by atoms with Gasteiger partial charge in [-0.05, 0) is 23.9 Å². The monoisotopic (exact) mass is 233 g/mol. The van der Waals surface area contributed by atoms with Crippen molar-refractivity contribution in [3.05, 3.63) is 42.5 Å². The van der Waals surface area contributed by atoms with Gasteiger partial charge in [-0.15, -0.1) is 0 Å². The maximum atomic E-state index is 10.6. The van der Waals surface area contributed by atoms with E-state index in [0.29, 0.717) is 5.03 Å². The van der Waals surface area contributed by atoms with Gasteiger partial charge >= 0.3 is 5.97 Å². The highest BCUT2D eigenvalue weighted by Gasteiger charge is 2.04. The van der Waals surface area contributed by atoms with Crippen molar-refractivity contribution < 1.29 is 9.90 Å². The highest BCUT2D eigenvalue weighted by Crippen LogP contribution is 2.22. The van der Waals surface area contributed by atoms with E-state index < -0.39 is 5.97 Å². The van der Waals surface area contributed by atoms with E-state index in [1.54, 1.807) is 24.7 Å². The van der Waals surface area contributed by atoms with Crippen molar-refractivity contribution in [2.75, 3.05) is 0 Å². The van der Waals surface area contributed by atoms with Crippen LogP contribution in [0, 0.1) is 0 Å². The lowest BCUT2D eigenvalue weighted by Crippen LogP contribution is -1.96. The molecular formula is C10H7N3O2S. The molecule has 6 heteroatoms. The summed E-state index contributed by atoms with van der Waals surface area (Å²) < 4.78 is 0. The molecule has 0 aliphatic carbocycles. The molecule has 0 unspecified atom stereocenters. The number of carboxylic acids is 1. The Kier molecular flexibility index (Phi) is 3.11. The Labute approximate surface area is 95.6 Å². The van der Waals surface area contributed by atoms with Crippen LogP contribution in [0.3, 0.4) is 0 Å². The van der Waals surface area contributed by atoms with Crippen molar-refractivity contribution in [1.82, 2.24) is 15.0 Å². The first-order valence-electron chi connectivity index (χ1n) is 4.39. The number of hydrogen-bond acceptors (Lipinski definition) is 5. The largest absolute Gasteiger partial charge is 0.478 e. The predicted octanol–water partition coefficient (Wildman–Crippen LogP) is 1.72. The lowest BCUT2D eigenvalue weighted by Gasteiger charge is -1.99. The van der Waals surface area contributed by atoms with E-state index in [2.05, 4.69) is 15.0 Å². The predicted molar refractivity (Wildman–Crippen MR) is 57.4 cm³/mol. The highest BCUT2D eigenvalue weighted by molar-refractivity contribution is 7.99. The lowest BCUT2D eigenvalue weighted by atomic mass is 10.3. The molecule has 0 saturated carbocycles. The van der Waals surface area contributed by atoms with E-state index in [1.807, 2.05) is 0 Å². The standard InChI is InChI=1S/C10H7N3O2S/c14-10(15)7-1-2-8(13-5-7)16-9-6-11-3-4-12-9/h1-6H,(H,14,15). The third-order valence-electron chi connectivity index (χ3n) is 1.73. The maximum absolute atomic E-state index is 10.6. The molecule has 16 heavy (non-hydrogen) atoms. The van der Waals surface area contributed by atoms with Gasteiger partial charge in [-0.3, -0.25) is 4.98 Å². The second-order valence-electron chi connectivity index (χ2n) is 2.84. The normalized spacial score (nSPS) is 10.0. The van der Waals surface area contributed by atoms with Crippen molar-refractivity contribution in [2.45, 2.75) is 10.1 Å². The molecule has 0 amide bonds. The molecule has 0 saturated heterocycles. The third kappa shape index (κ3) is 2.54. The molecule has 0 bridgehead atoms. The third-order valence-corrected chi connectivity index (χ3v) is 2.60. The first kappa shape index (κ1) is 10.6. The van der Waals surface area contributed by atoms with E-state index in [4.69, 9.17) is 5.11 Å². The minimum absolute atomic E-state index is 0.170. The minimum Gasteiger partial charge on any atom is -0.478 e. The molecule has 2 aromatic rings. The van der Waals surface area contributed by atoms with Crippen molar-refractivity contribution in [3.8, 4) is 0 Å². The van der Waals surface area contributed by atoms with E-state index in [9.17, 15) is 4.79 Å². The molecule has 0 aromatic carbocycles. The van der Waals surface area contributed by atoms with Crippen LogP contribution in [0.4, 0.5) is 0 Å². The van der Waals surface area contributed by atoms with Gasteiger partial charge in [0.1, 0.15) is 10.1 Å². The van der Waals surface area contributed by atoms with Crippen molar-refractivity contribution in [3.63, 3.8) is 0 Å². The van der Waals surface area contributed by atoms with Gasteiger partial charge in [0, 0.05) is 18.6 Å². The molecule has 2 heterocycles. The molecule has 0 radical (unpaired) electrons. The molecule has 80 valence electrons. The summed E-state index contributed by atoms with van der Waals surface area (Å²) >= 11 is 1.33. The van der Waals surface area contributed by atoms with Gasteiger partial charge in [-0.2, -0.15) is 0 Å². The molecule has 0 aliphatic heterocycles. The van der Waals surface area contributed by atoms with E-state index in [-0.39, 0.29) is 5.56 Å². The average molecular weight is 233 g/mol. The smallest absolute Gasteiger partial charge is 0.337 e. The fraction of sp³-hybridized carbons (Fsp3) is 0. The summed E-state index contributed by atoms with van der Waals surface area (Å²) in [4.78, 5) is 22.6. The van der Waals surface area contributed by atoms with Gasteiger partial charge in [-0.1, -0.05) is 0 Å². The number of aromatic nitrogens is 3. The quantitative estimate of drug-likeness (QED) is 0.869. The summed E-state index contributed by atoms with van der Waals surface area (Å²) in [6, 6.07) is 3.15. The van der Waals surface area contributed by atoms with Crippen LogP contribution in [0.1, 0.15) is 10.4 Å². The molecule has 2 rings (SSSR count). The van der Waals surface area contributed by atoms with E-state index in [0.717, 1.165) is 5.03 Å². The van der Waals surface area contributed by atoms with Crippen LogP contribution in [0.5, 0.6) is 0 Å². The first-order valence-corrected chi connectivity index (χ1v) is 5.20. The van der Waals surface area contributed by atoms with Gasteiger partial charge < -0.3 is 5.11 Å². The molecule has 0 aliphatic rings. The Hall–Kier alpha value is -1.95. The molecule has 1 N–H and O–H groups in total. The van der Waals surface area contributed by atoms with Crippen LogP contribution >= 0.6 is 11.8 Å². The van der Waals surface area contributed by atoms with Gasteiger partial charge in [0.2, 0.25) is 0 Å². The maximum Gasteiger partial charge on any atom is 0.337 e. The Bertz CT molecular complexity index is 487. The second kappa shape index (κ2) is 4.71. The topological polar surface area (TPSA) is 76.0 Å². The SMILES string of the molecule is O=C(O)c1ccc(Sc2cnccn2)nc1. The summed E-state index contributed by atoms with van der Waals surface area (Å²) in [6.07, 6.45) is 6.12. The first-order chi connectivity index (χ1) is 7.75. The van der Waals surface area contributed by atoms with Crippen LogP contribution in [-0.2, 0) is 0 Å². The summed E-state index contributed by atoms with van der Waals surface area (Å²) in [5.74, 6) is -0.983. The van der Waals surface area contributed by atoms with Gasteiger partial charge in [-0.25, -0.2) is 14.8 Å². The Morgan fingerprint density at radius 3 is 2.56 bits per heavy atom. The molecule has 0 spiro atoms. The van der Waals surface area contributed by atoms with E-state index in [1.165, 1.54) is 24.0 Å². The summed E-state index contributed by atoms with van der Waals surface area (Å²) in [6.45, 7) is 0. The average Bonchev–Trinajstić information content (AvgIpc) is 2.31. The van der Waals surface area contributed by atoms with Crippen molar-refractivity contribution in [2.24, 2.45) is 0 Å². The lowest BCUT2D eigenvalue weighted by molar-refractivity contribution is 0.0696. The van der Waals surface area contributed by atoms with Crippen LogP contribution in [0.2, 0.25) is 0 Å². The van der Waals surface area contributed by atoms with Crippen molar-refractivity contribution >= 4 is 17.7 Å². The summed E-state index contributed by atoms with van der Waals surface area (Å²) in [5, 5.41) is 10.1. The summed E-state index contributed by atoms with van der Waals surface area (Å²) in [5.41, 5.74) is 0.170. The molecular weight excluding hydrogens is 226 g/mol. The van der Waals surface area contributed by atoms with Crippen LogP contribution in [-0.4, -0.2) is 26.0 Å². The summed E-state index contributed by atoms with van der Waals surface area (Å²) in [7, 11) is 0. The zero-order chi connectivity index (χ0) is 11.4. The number of carbonyl (C=O) groups is 1. The Morgan fingerprint density at radius 2 is 2.00 bits per heavy atom. The Balaban J connectivity index is 2.14. The second-order valence-corrected chi connectivity index (χ2v) is 3.88. The molecule has 0 fully saturated rings. The minimum atomic E-state index is -0.983. The van der Waals surface area contributed by atoms with Crippen LogP contribution in [0.25, 0.3) is 0 Å². The van der Waals surface area contributed by atoms with Gasteiger partial charge in [0.05, 0.1) is 11.8 Å². The molecule has 2 aromatic heterocycles. The van der Waals surface area contributed by atoms with Crippen molar-refractivity contribution in [1.29, 1.82) is 0 Å². The van der Waals surface area contributed by atoms with Gasteiger partial charge in [0.15, 0.2) is 0 Å². The van der Waals surface area contributed by atoms with Crippen LogP contribution < -0.4 is 0 Å². The van der Waals surface area contributed by atoms with Crippen LogP contribution in [0.15, 0.2) is 47.0 Å². The number of nitrogens with zero attached hydrogens (tertiary/aromatic N) is 3. The zero-order valence-corrected chi connectivity index (χ0v) is 8.89. The number of pyridine rings is 1. The molecule has 0 atom stereocenters. The number of aromatic carboxylic acids is 1. The number of hydrogen-bond donors (Lipinski definition) is 1. The fourth-order valence-corrected chi connectivity index (χ4v) is 1.70. The van der Waals surface area contributed by atoms with Gasteiger partial charge in [0.25, 0.3) is 0 Å². The highest BCUT2D eigenvalue weighted by atomic mass is 32.2. The van der Waals surface area contributed by atoms with E-state index >= 15 is 0 Å². The fourth-order valence-electron chi connectivity index (χ4n) is 1.01. The molecule has 5 nitrogen and oxygen atoms in total. The number of carboxylic acid groups (broad SMARTS) is 1.